The molecule has 2 aromatic heterocycles. The molecule has 0 fully saturated rings. The Labute approximate surface area is 169 Å². The van der Waals surface area contributed by atoms with E-state index >= 15 is 0 Å². The number of hydrogen-bond donors (Lipinski definition) is 0. The van der Waals surface area contributed by atoms with Crippen LogP contribution in [-0.2, 0) is 23.6 Å². The fourth-order valence-electron chi connectivity index (χ4n) is 2.65. The van der Waals surface area contributed by atoms with E-state index < -0.39 is 37.6 Å². The van der Waals surface area contributed by atoms with Crippen molar-refractivity contribution >= 4 is 14.1 Å². The number of carbonyl (C=O) groups excluding carboxylic acids is 1. The van der Waals surface area contributed by atoms with Gasteiger partial charge in [-0.1, -0.05) is 20.8 Å². The second-order valence-corrected chi connectivity index (χ2v) is 13.3. The lowest BCUT2D eigenvalue weighted by atomic mass is 10.1. The topological polar surface area (TPSA) is 69.9 Å². The van der Waals surface area contributed by atoms with Crippen LogP contribution in [0.1, 0.15) is 49.6 Å². The van der Waals surface area contributed by atoms with Crippen molar-refractivity contribution in [2.24, 2.45) is 0 Å². The van der Waals surface area contributed by atoms with Gasteiger partial charge in [0.25, 0.3) is 0 Å². The van der Waals surface area contributed by atoms with E-state index in [1.54, 1.807) is 13.0 Å². The summed E-state index contributed by atoms with van der Waals surface area (Å²) in [7, 11) is -2.16. The van der Waals surface area contributed by atoms with Gasteiger partial charge in [0.2, 0.25) is 0 Å². The third-order valence-electron chi connectivity index (χ3n) is 5.08. The molecule has 2 rings (SSSR count). The van der Waals surface area contributed by atoms with Crippen LogP contribution < -0.4 is 0 Å². The maximum Gasteiger partial charge on any atom is 0.433 e. The Morgan fingerprint density at radius 2 is 1.79 bits per heavy atom. The van der Waals surface area contributed by atoms with Crippen LogP contribution in [0.25, 0.3) is 0 Å². The largest absolute Gasteiger partial charge is 0.433 e. The van der Waals surface area contributed by atoms with Crippen molar-refractivity contribution in [1.29, 1.82) is 0 Å². The number of hydrogen-bond acceptors (Lipinski definition) is 5. The van der Waals surface area contributed by atoms with Crippen molar-refractivity contribution in [3.8, 4) is 0 Å². The second-order valence-electron chi connectivity index (χ2n) is 8.54. The molecule has 0 aliphatic heterocycles. The average molecular weight is 429 g/mol. The van der Waals surface area contributed by atoms with E-state index in [4.69, 9.17) is 4.43 Å². The van der Waals surface area contributed by atoms with Crippen LogP contribution in [0.4, 0.5) is 13.2 Å². The van der Waals surface area contributed by atoms with Crippen molar-refractivity contribution in [2.45, 2.75) is 71.1 Å². The minimum absolute atomic E-state index is 0.0744. The quantitative estimate of drug-likeness (QED) is 0.479. The molecular weight excluding hydrogens is 401 g/mol. The normalized spacial score (nSPS) is 14.1. The minimum Gasteiger partial charge on any atom is -0.412 e. The molecule has 0 amide bonds. The predicted molar refractivity (Wildman–Crippen MR) is 105 cm³/mol. The van der Waals surface area contributed by atoms with Crippen LogP contribution in [0.15, 0.2) is 24.7 Å². The van der Waals surface area contributed by atoms with Gasteiger partial charge >= 0.3 is 6.18 Å². The summed E-state index contributed by atoms with van der Waals surface area (Å²) >= 11 is 0. The summed E-state index contributed by atoms with van der Waals surface area (Å²) in [5, 5.41) is 3.77. The molecule has 1 unspecified atom stereocenters. The van der Waals surface area contributed by atoms with Gasteiger partial charge in [0.1, 0.15) is 5.82 Å². The summed E-state index contributed by atoms with van der Waals surface area (Å²) in [5.41, 5.74) is -1.55. The van der Waals surface area contributed by atoms with E-state index in [1.165, 1.54) is 12.4 Å². The molecule has 0 aliphatic carbocycles. The molecule has 0 spiro atoms. The molecule has 6 nitrogen and oxygen atoms in total. The standard InChI is InChI=1S/C19H27F3N4O2Si/c1-13(28-29(5,6)18(2,3)4)12-26-17(19(20,21)22)14(11-25-26)15(27)10-16-23-8-7-9-24-16/h7-9,11,13H,10,12H2,1-6H3. The number of alkyl halides is 3. The molecule has 1 atom stereocenters. The van der Waals surface area contributed by atoms with Crippen molar-refractivity contribution in [3.05, 3.63) is 41.7 Å². The van der Waals surface area contributed by atoms with Crippen LogP contribution in [0.5, 0.6) is 0 Å². The van der Waals surface area contributed by atoms with E-state index in [2.05, 4.69) is 35.8 Å². The van der Waals surface area contributed by atoms with E-state index in [9.17, 15) is 18.0 Å². The predicted octanol–water partition coefficient (Wildman–Crippen LogP) is 4.53. The molecular formula is C19H27F3N4O2Si. The molecule has 0 saturated heterocycles. The van der Waals surface area contributed by atoms with Crippen LogP contribution in [0.3, 0.4) is 0 Å². The van der Waals surface area contributed by atoms with Gasteiger partial charge < -0.3 is 4.43 Å². The molecule has 0 N–H and O–H groups in total. The number of halogens is 3. The smallest absolute Gasteiger partial charge is 0.412 e. The Kier molecular flexibility index (Phi) is 6.68. The third-order valence-corrected chi connectivity index (χ3v) is 9.68. The molecule has 10 heteroatoms. The third kappa shape index (κ3) is 5.72. The number of carbonyl (C=O) groups is 1. The van der Waals surface area contributed by atoms with E-state index in [-0.39, 0.29) is 23.8 Å². The van der Waals surface area contributed by atoms with Crippen LogP contribution in [-0.4, -0.2) is 40.0 Å². The average Bonchev–Trinajstić information content (AvgIpc) is 2.98. The van der Waals surface area contributed by atoms with E-state index in [0.29, 0.717) is 0 Å². The molecule has 0 aromatic carbocycles. The molecule has 2 aromatic rings. The van der Waals surface area contributed by atoms with Gasteiger partial charge in [0, 0.05) is 12.4 Å². The zero-order valence-corrected chi connectivity index (χ0v) is 18.5. The fraction of sp³-hybridized carbons (Fsp3) is 0.579. The molecule has 0 bridgehead atoms. The van der Waals surface area contributed by atoms with Crippen molar-refractivity contribution in [1.82, 2.24) is 19.7 Å². The number of nitrogens with zero attached hydrogens (tertiary/aromatic N) is 4. The number of aromatic nitrogens is 4. The zero-order chi connectivity index (χ0) is 22.0. The lowest BCUT2D eigenvalue weighted by Crippen LogP contribution is -2.44. The van der Waals surface area contributed by atoms with Gasteiger partial charge in [-0.15, -0.1) is 0 Å². The number of rotatable bonds is 7. The highest BCUT2D eigenvalue weighted by Gasteiger charge is 2.42. The molecule has 29 heavy (non-hydrogen) atoms. The van der Waals surface area contributed by atoms with Gasteiger partial charge in [0.05, 0.1) is 30.8 Å². The summed E-state index contributed by atoms with van der Waals surface area (Å²) in [6.07, 6.45) is -1.71. The molecule has 2 heterocycles. The summed E-state index contributed by atoms with van der Waals surface area (Å²) < 4.78 is 48.2. The lowest BCUT2D eigenvalue weighted by molar-refractivity contribution is -0.145. The highest BCUT2D eigenvalue weighted by molar-refractivity contribution is 6.74. The number of Topliss-reactive ketones (excluding diaryl/α,β-unsaturated/α-hetero) is 1. The van der Waals surface area contributed by atoms with Gasteiger partial charge in [-0.25, -0.2) is 9.97 Å². The Morgan fingerprint density at radius 1 is 1.21 bits per heavy atom. The highest BCUT2D eigenvalue weighted by atomic mass is 28.4. The van der Waals surface area contributed by atoms with Gasteiger partial charge in [0.15, 0.2) is 19.8 Å². The monoisotopic (exact) mass is 428 g/mol. The molecule has 0 saturated carbocycles. The summed E-state index contributed by atoms with van der Waals surface area (Å²) in [5.74, 6) is -0.569. The Balaban J connectivity index is 2.26. The second kappa shape index (κ2) is 8.35. The van der Waals surface area contributed by atoms with E-state index in [1.807, 2.05) is 13.1 Å². The first-order valence-corrected chi connectivity index (χ1v) is 12.2. The minimum atomic E-state index is -4.73. The summed E-state index contributed by atoms with van der Waals surface area (Å²) in [6, 6.07) is 1.57. The molecule has 160 valence electrons. The fourth-order valence-corrected chi connectivity index (χ4v) is 4.08. The Hall–Kier alpha value is -2.07. The Morgan fingerprint density at radius 3 is 2.31 bits per heavy atom. The van der Waals surface area contributed by atoms with Crippen LogP contribution in [0.2, 0.25) is 18.1 Å². The molecule has 0 aliphatic rings. The van der Waals surface area contributed by atoms with Crippen molar-refractivity contribution in [3.63, 3.8) is 0 Å². The zero-order valence-electron chi connectivity index (χ0n) is 17.5. The first-order valence-electron chi connectivity index (χ1n) is 9.32. The SMILES string of the molecule is CC(Cn1ncc(C(=O)Cc2ncccn2)c1C(F)(F)F)O[Si](C)(C)C(C)(C)C. The summed E-state index contributed by atoms with van der Waals surface area (Å²) in [4.78, 5) is 20.3. The maximum atomic E-state index is 13.7. The first-order chi connectivity index (χ1) is 13.2. The van der Waals surface area contributed by atoms with E-state index in [0.717, 1.165) is 10.9 Å². The van der Waals surface area contributed by atoms with Crippen molar-refractivity contribution < 1.29 is 22.4 Å². The van der Waals surface area contributed by atoms with Gasteiger partial charge in [-0.2, -0.15) is 18.3 Å². The maximum absolute atomic E-state index is 13.7. The first kappa shape index (κ1) is 23.2. The van der Waals surface area contributed by atoms with Gasteiger partial charge in [-0.05, 0) is 31.1 Å². The molecule has 0 radical (unpaired) electrons. The Bertz CT molecular complexity index is 845. The highest BCUT2D eigenvalue weighted by Crippen LogP contribution is 2.38. The summed E-state index contributed by atoms with van der Waals surface area (Å²) in [6.45, 7) is 11.9. The van der Waals surface area contributed by atoms with Crippen LogP contribution in [0, 0.1) is 0 Å². The van der Waals surface area contributed by atoms with Gasteiger partial charge in [-0.3, -0.25) is 9.48 Å². The number of ketones is 1. The van der Waals surface area contributed by atoms with Crippen LogP contribution >= 0.6 is 0 Å². The van der Waals surface area contributed by atoms with Crippen molar-refractivity contribution in [2.75, 3.05) is 0 Å². The lowest BCUT2D eigenvalue weighted by Gasteiger charge is -2.38.